The Kier molecular flexibility index (Phi) is 3.06. The molecule has 1 fully saturated rings. The number of hydrogen-bond acceptors (Lipinski definition) is 4. The summed E-state index contributed by atoms with van der Waals surface area (Å²) in [5.74, 6) is 1.00. The van der Waals surface area contributed by atoms with Crippen molar-refractivity contribution in [1.82, 2.24) is 19.7 Å². The molecule has 0 aliphatic carbocycles. The van der Waals surface area contributed by atoms with Gasteiger partial charge >= 0.3 is 0 Å². The van der Waals surface area contributed by atoms with Crippen LogP contribution in [-0.2, 0) is 7.05 Å². The third-order valence-electron chi connectivity index (χ3n) is 4.58. The zero-order valence-electron chi connectivity index (χ0n) is 12.9. The van der Waals surface area contributed by atoms with Crippen LogP contribution in [-0.4, -0.2) is 26.3 Å². The zero-order chi connectivity index (χ0) is 15.1. The van der Waals surface area contributed by atoms with Crippen LogP contribution in [0.15, 0.2) is 36.8 Å². The lowest BCUT2D eigenvalue weighted by Gasteiger charge is -2.27. The summed E-state index contributed by atoms with van der Waals surface area (Å²) >= 11 is 0. The first-order valence-corrected chi connectivity index (χ1v) is 7.70. The maximum absolute atomic E-state index is 4.57. The number of anilines is 1. The number of rotatable bonds is 2. The number of nitrogens with zero attached hydrogens (tertiary/aromatic N) is 5. The Morgan fingerprint density at radius 1 is 1.18 bits per heavy atom. The van der Waals surface area contributed by atoms with E-state index in [1.165, 1.54) is 17.5 Å². The highest BCUT2D eigenvalue weighted by Gasteiger charge is 2.29. The molecule has 0 radical (unpaired) electrons. The summed E-state index contributed by atoms with van der Waals surface area (Å²) in [4.78, 5) is 11.3. The van der Waals surface area contributed by atoms with E-state index in [2.05, 4.69) is 51.2 Å². The molecule has 5 nitrogen and oxygen atoms in total. The summed E-state index contributed by atoms with van der Waals surface area (Å²) in [5, 5.41) is 5.36. The van der Waals surface area contributed by atoms with Gasteiger partial charge in [0.25, 0.3) is 0 Å². The number of hydrogen-bond donors (Lipinski definition) is 0. The molecule has 3 heterocycles. The second kappa shape index (κ2) is 5.09. The number of fused-ring (bicyclic) bond motifs is 1. The zero-order valence-corrected chi connectivity index (χ0v) is 12.9. The first-order valence-electron chi connectivity index (χ1n) is 7.70. The smallest absolute Gasteiger partial charge is 0.163 e. The molecule has 1 aliphatic rings. The average molecular weight is 293 g/mol. The van der Waals surface area contributed by atoms with Gasteiger partial charge in [0.05, 0.1) is 17.6 Å². The van der Waals surface area contributed by atoms with Crippen LogP contribution in [0.1, 0.15) is 30.0 Å². The van der Waals surface area contributed by atoms with Crippen LogP contribution in [0, 0.1) is 6.92 Å². The van der Waals surface area contributed by atoms with Gasteiger partial charge < -0.3 is 4.90 Å². The molecule has 1 aliphatic heterocycles. The third-order valence-corrected chi connectivity index (χ3v) is 4.58. The van der Waals surface area contributed by atoms with Crippen molar-refractivity contribution in [3.8, 4) is 0 Å². The van der Waals surface area contributed by atoms with Crippen LogP contribution >= 0.6 is 0 Å². The number of aromatic nitrogens is 4. The van der Waals surface area contributed by atoms with Gasteiger partial charge in [-0.3, -0.25) is 4.68 Å². The minimum atomic E-state index is 0.388. The topological polar surface area (TPSA) is 46.8 Å². The van der Waals surface area contributed by atoms with Gasteiger partial charge in [0.15, 0.2) is 5.65 Å². The molecule has 1 unspecified atom stereocenters. The van der Waals surface area contributed by atoms with E-state index >= 15 is 0 Å². The molecule has 3 aromatic rings. The van der Waals surface area contributed by atoms with Crippen molar-refractivity contribution in [3.05, 3.63) is 47.9 Å². The molecule has 1 saturated heterocycles. The Hall–Kier alpha value is -2.43. The van der Waals surface area contributed by atoms with E-state index < -0.39 is 0 Å². The molecule has 1 aromatic carbocycles. The van der Waals surface area contributed by atoms with Crippen molar-refractivity contribution in [2.75, 3.05) is 11.4 Å². The summed E-state index contributed by atoms with van der Waals surface area (Å²) in [7, 11) is 1.92. The van der Waals surface area contributed by atoms with Crippen molar-refractivity contribution >= 4 is 16.9 Å². The lowest BCUT2D eigenvalue weighted by atomic mass is 9.99. The predicted octanol–water partition coefficient (Wildman–Crippen LogP) is 3.01. The standard InChI is InChI=1S/C17H19N5/c1-12-6-3-4-7-13(12)15-8-5-9-22(15)17-14-10-20-21(2)16(14)18-11-19-17/h3-4,6-7,10-11,15H,5,8-9H2,1-2H3. The fourth-order valence-electron chi connectivity index (χ4n) is 3.48. The molecule has 0 N–H and O–H groups in total. The van der Waals surface area contributed by atoms with Crippen LogP contribution in [0.4, 0.5) is 5.82 Å². The monoisotopic (exact) mass is 293 g/mol. The molecular weight excluding hydrogens is 274 g/mol. The summed E-state index contributed by atoms with van der Waals surface area (Å²) in [5.41, 5.74) is 3.63. The Balaban J connectivity index is 1.82. The first kappa shape index (κ1) is 13.2. The van der Waals surface area contributed by atoms with Gasteiger partial charge in [0, 0.05) is 13.6 Å². The largest absolute Gasteiger partial charge is 0.349 e. The van der Waals surface area contributed by atoms with E-state index in [1.807, 2.05) is 13.2 Å². The number of benzene rings is 1. The molecule has 1 atom stereocenters. The normalized spacial score (nSPS) is 18.3. The Labute approximate surface area is 129 Å². The number of aryl methyl sites for hydroxylation is 2. The highest BCUT2D eigenvalue weighted by atomic mass is 15.3. The van der Waals surface area contributed by atoms with Gasteiger partial charge in [-0.1, -0.05) is 24.3 Å². The fraction of sp³-hybridized carbons (Fsp3) is 0.353. The lowest BCUT2D eigenvalue weighted by molar-refractivity contribution is 0.708. The third kappa shape index (κ3) is 1.96. The second-order valence-electron chi connectivity index (χ2n) is 5.91. The van der Waals surface area contributed by atoms with E-state index in [0.717, 1.165) is 29.8 Å². The van der Waals surface area contributed by atoms with Crippen molar-refractivity contribution in [2.45, 2.75) is 25.8 Å². The molecule has 2 aromatic heterocycles. The van der Waals surface area contributed by atoms with Crippen molar-refractivity contribution in [3.63, 3.8) is 0 Å². The van der Waals surface area contributed by atoms with Crippen molar-refractivity contribution < 1.29 is 0 Å². The molecule has 0 bridgehead atoms. The molecule has 22 heavy (non-hydrogen) atoms. The minimum absolute atomic E-state index is 0.388. The van der Waals surface area contributed by atoms with Gasteiger partial charge in [0.2, 0.25) is 0 Å². The van der Waals surface area contributed by atoms with Crippen LogP contribution in [0.3, 0.4) is 0 Å². The van der Waals surface area contributed by atoms with E-state index in [9.17, 15) is 0 Å². The Morgan fingerprint density at radius 3 is 2.91 bits per heavy atom. The quantitative estimate of drug-likeness (QED) is 0.728. The SMILES string of the molecule is Cc1ccccc1C1CCCN1c1ncnc2c1cnn2C. The predicted molar refractivity (Wildman–Crippen MR) is 86.8 cm³/mol. The van der Waals surface area contributed by atoms with Crippen LogP contribution in [0.5, 0.6) is 0 Å². The van der Waals surface area contributed by atoms with Crippen LogP contribution in [0.25, 0.3) is 11.0 Å². The molecule has 0 amide bonds. The lowest BCUT2D eigenvalue weighted by Crippen LogP contribution is -2.24. The Bertz CT molecular complexity index is 823. The molecule has 112 valence electrons. The van der Waals surface area contributed by atoms with Gasteiger partial charge in [-0.15, -0.1) is 0 Å². The van der Waals surface area contributed by atoms with Gasteiger partial charge in [-0.05, 0) is 30.9 Å². The van der Waals surface area contributed by atoms with E-state index in [1.54, 1.807) is 11.0 Å². The maximum Gasteiger partial charge on any atom is 0.163 e. The highest BCUT2D eigenvalue weighted by Crippen LogP contribution is 2.38. The summed E-state index contributed by atoms with van der Waals surface area (Å²) < 4.78 is 1.80. The molecule has 0 saturated carbocycles. The molecular formula is C17H19N5. The first-order chi connectivity index (χ1) is 10.8. The van der Waals surface area contributed by atoms with Crippen molar-refractivity contribution in [1.29, 1.82) is 0 Å². The second-order valence-corrected chi connectivity index (χ2v) is 5.91. The Morgan fingerprint density at radius 2 is 2.05 bits per heavy atom. The summed E-state index contributed by atoms with van der Waals surface area (Å²) in [6.07, 6.45) is 5.87. The van der Waals surface area contributed by atoms with Gasteiger partial charge in [0.1, 0.15) is 12.1 Å². The minimum Gasteiger partial charge on any atom is -0.349 e. The highest BCUT2D eigenvalue weighted by molar-refractivity contribution is 5.87. The van der Waals surface area contributed by atoms with E-state index in [-0.39, 0.29) is 0 Å². The van der Waals surface area contributed by atoms with Crippen LogP contribution in [0.2, 0.25) is 0 Å². The summed E-state index contributed by atoms with van der Waals surface area (Å²) in [6, 6.07) is 9.03. The summed E-state index contributed by atoms with van der Waals surface area (Å²) in [6.45, 7) is 3.21. The molecule has 4 rings (SSSR count). The van der Waals surface area contributed by atoms with E-state index in [4.69, 9.17) is 0 Å². The molecule has 0 spiro atoms. The van der Waals surface area contributed by atoms with Gasteiger partial charge in [-0.25, -0.2) is 9.97 Å². The van der Waals surface area contributed by atoms with Crippen LogP contribution < -0.4 is 4.90 Å². The van der Waals surface area contributed by atoms with Gasteiger partial charge in [-0.2, -0.15) is 5.10 Å². The average Bonchev–Trinajstić information content (AvgIpc) is 3.15. The van der Waals surface area contributed by atoms with Crippen molar-refractivity contribution in [2.24, 2.45) is 7.05 Å². The van der Waals surface area contributed by atoms with E-state index in [0.29, 0.717) is 6.04 Å². The maximum atomic E-state index is 4.57. The molecule has 5 heteroatoms. The fourth-order valence-corrected chi connectivity index (χ4v) is 3.48.